The highest BCUT2D eigenvalue weighted by atomic mass is 19.4. The summed E-state index contributed by atoms with van der Waals surface area (Å²) in [6, 6.07) is 4.72. The molecule has 2 N–H and O–H groups in total. The van der Waals surface area contributed by atoms with Crippen molar-refractivity contribution in [2.75, 3.05) is 5.32 Å². The van der Waals surface area contributed by atoms with Gasteiger partial charge in [0, 0.05) is 5.69 Å². The van der Waals surface area contributed by atoms with Crippen LogP contribution in [0.5, 0.6) is 0 Å². The quantitative estimate of drug-likeness (QED) is 0.873. The average molecular weight is 305 g/mol. The van der Waals surface area contributed by atoms with Gasteiger partial charge < -0.3 is 9.84 Å². The van der Waals surface area contributed by atoms with Gasteiger partial charge in [-0.15, -0.1) is 0 Å². The third-order valence-corrected chi connectivity index (χ3v) is 2.64. The number of alkyl halides is 3. The van der Waals surface area contributed by atoms with Crippen LogP contribution in [0.1, 0.15) is 33.3 Å². The summed E-state index contributed by atoms with van der Waals surface area (Å²) in [5, 5.41) is 11.9. The number of benzene rings is 1. The van der Waals surface area contributed by atoms with E-state index in [9.17, 15) is 23.1 Å². The van der Waals surface area contributed by atoms with E-state index in [0.29, 0.717) is 6.92 Å². The Labute approximate surface area is 120 Å². The lowest BCUT2D eigenvalue weighted by molar-refractivity contribution is -0.258. The van der Waals surface area contributed by atoms with Crippen molar-refractivity contribution in [2.45, 2.75) is 45.1 Å². The fraction of sp³-hybridized carbons (Fsp3) is 0.500. The topological polar surface area (TPSA) is 58.6 Å². The maximum atomic E-state index is 12.7. The molecule has 1 aromatic rings. The van der Waals surface area contributed by atoms with E-state index in [1.807, 2.05) is 0 Å². The van der Waals surface area contributed by atoms with Gasteiger partial charge in [0.1, 0.15) is 5.60 Å². The van der Waals surface area contributed by atoms with E-state index < -0.39 is 23.5 Å². The van der Waals surface area contributed by atoms with Gasteiger partial charge >= 0.3 is 12.3 Å². The molecule has 0 bridgehead atoms. The molecule has 0 saturated carbocycles. The summed E-state index contributed by atoms with van der Waals surface area (Å²) in [5.41, 5.74) is -3.67. The van der Waals surface area contributed by atoms with E-state index in [1.54, 1.807) is 20.8 Å². The summed E-state index contributed by atoms with van der Waals surface area (Å²) in [7, 11) is 0. The fourth-order valence-electron chi connectivity index (χ4n) is 1.46. The molecule has 0 aliphatic rings. The third-order valence-electron chi connectivity index (χ3n) is 2.64. The monoisotopic (exact) mass is 305 g/mol. The molecular formula is C14H18F3NO3. The molecule has 118 valence electrons. The molecule has 0 fully saturated rings. The highest BCUT2D eigenvalue weighted by Crippen LogP contribution is 2.38. The van der Waals surface area contributed by atoms with Crippen molar-refractivity contribution in [3.05, 3.63) is 29.8 Å². The lowest BCUT2D eigenvalue weighted by Crippen LogP contribution is -2.39. The minimum absolute atomic E-state index is 0.269. The lowest BCUT2D eigenvalue weighted by Gasteiger charge is -2.26. The van der Waals surface area contributed by atoms with Crippen LogP contribution in [0.25, 0.3) is 0 Å². The Kier molecular flexibility index (Phi) is 4.57. The highest BCUT2D eigenvalue weighted by Gasteiger charge is 2.51. The summed E-state index contributed by atoms with van der Waals surface area (Å²) in [6.07, 6.45) is -5.49. The first-order valence-electron chi connectivity index (χ1n) is 6.22. The Bertz CT molecular complexity index is 502. The minimum Gasteiger partial charge on any atom is -0.444 e. The van der Waals surface area contributed by atoms with Gasteiger partial charge in [0.15, 0.2) is 5.60 Å². The van der Waals surface area contributed by atoms with Crippen molar-refractivity contribution in [2.24, 2.45) is 0 Å². The number of anilines is 1. The van der Waals surface area contributed by atoms with Gasteiger partial charge in [-0.05, 0) is 45.4 Å². The second-order valence-electron chi connectivity index (χ2n) is 5.77. The molecule has 4 nitrogen and oxygen atoms in total. The first-order valence-corrected chi connectivity index (χ1v) is 6.22. The molecule has 0 saturated heterocycles. The summed E-state index contributed by atoms with van der Waals surface area (Å²) in [4.78, 5) is 11.5. The van der Waals surface area contributed by atoms with Crippen molar-refractivity contribution < 1.29 is 27.8 Å². The molecule has 1 rings (SSSR count). The summed E-state index contributed by atoms with van der Waals surface area (Å²) < 4.78 is 43.0. The Hall–Kier alpha value is -1.76. The number of halogens is 3. The molecule has 1 atom stereocenters. The number of aliphatic hydroxyl groups is 1. The standard InChI is InChI=1S/C14H18F3NO3/c1-12(2,3)21-11(19)18-10-7-5-9(6-8-10)13(4,20)14(15,16)17/h5-8,20H,1-4H3,(H,18,19)/t13-/m1/s1. The van der Waals surface area contributed by atoms with Gasteiger partial charge in [0.25, 0.3) is 0 Å². The Morgan fingerprint density at radius 2 is 1.57 bits per heavy atom. The molecule has 0 aliphatic carbocycles. The van der Waals surface area contributed by atoms with Gasteiger partial charge in [-0.2, -0.15) is 13.2 Å². The molecule has 0 radical (unpaired) electrons. The number of amides is 1. The largest absolute Gasteiger partial charge is 0.444 e. The molecule has 0 heterocycles. The van der Waals surface area contributed by atoms with E-state index in [-0.39, 0.29) is 11.3 Å². The van der Waals surface area contributed by atoms with Crippen molar-refractivity contribution in [1.82, 2.24) is 0 Å². The van der Waals surface area contributed by atoms with Gasteiger partial charge in [-0.3, -0.25) is 5.32 Å². The van der Waals surface area contributed by atoms with Crippen molar-refractivity contribution >= 4 is 11.8 Å². The number of carbonyl (C=O) groups excluding carboxylic acids is 1. The molecule has 0 unspecified atom stereocenters. The van der Waals surface area contributed by atoms with Crippen LogP contribution in [0.2, 0.25) is 0 Å². The van der Waals surface area contributed by atoms with Crippen LogP contribution in [-0.4, -0.2) is 23.0 Å². The smallest absolute Gasteiger partial charge is 0.421 e. The SMILES string of the molecule is CC(C)(C)OC(=O)Nc1ccc([C@@](C)(O)C(F)(F)F)cc1. The molecule has 0 aromatic heterocycles. The average Bonchev–Trinajstić information content (AvgIpc) is 2.25. The van der Waals surface area contributed by atoms with Gasteiger partial charge in [0.2, 0.25) is 0 Å². The van der Waals surface area contributed by atoms with Crippen LogP contribution in [0, 0.1) is 0 Å². The Morgan fingerprint density at radius 3 is 1.95 bits per heavy atom. The molecule has 0 spiro atoms. The second-order valence-corrected chi connectivity index (χ2v) is 5.77. The highest BCUT2D eigenvalue weighted by molar-refractivity contribution is 5.84. The molecule has 1 amide bonds. The molecule has 21 heavy (non-hydrogen) atoms. The van der Waals surface area contributed by atoms with E-state index in [0.717, 1.165) is 12.1 Å². The van der Waals surface area contributed by atoms with Crippen LogP contribution in [0.4, 0.5) is 23.7 Å². The van der Waals surface area contributed by atoms with Crippen molar-refractivity contribution in [3.63, 3.8) is 0 Å². The molecular weight excluding hydrogens is 287 g/mol. The Balaban J connectivity index is 2.82. The minimum atomic E-state index is -4.78. The van der Waals surface area contributed by atoms with Crippen LogP contribution in [-0.2, 0) is 10.3 Å². The summed E-state index contributed by atoms with van der Waals surface area (Å²) in [6.45, 7) is 5.74. The van der Waals surface area contributed by atoms with E-state index in [1.165, 1.54) is 12.1 Å². The van der Waals surface area contributed by atoms with E-state index in [4.69, 9.17) is 4.74 Å². The molecule has 7 heteroatoms. The third kappa shape index (κ3) is 4.63. The normalized spacial score (nSPS) is 15.2. The van der Waals surface area contributed by atoms with Gasteiger partial charge in [0.05, 0.1) is 0 Å². The number of rotatable bonds is 2. The molecule has 1 aromatic carbocycles. The number of nitrogens with one attached hydrogen (secondary N) is 1. The number of hydrogen-bond acceptors (Lipinski definition) is 3. The predicted molar refractivity (Wildman–Crippen MR) is 71.9 cm³/mol. The van der Waals surface area contributed by atoms with Crippen LogP contribution in [0.15, 0.2) is 24.3 Å². The zero-order chi connectivity index (χ0) is 16.5. The maximum absolute atomic E-state index is 12.7. The maximum Gasteiger partial charge on any atom is 0.421 e. The first-order chi connectivity index (χ1) is 9.33. The van der Waals surface area contributed by atoms with E-state index >= 15 is 0 Å². The van der Waals surface area contributed by atoms with Crippen molar-refractivity contribution in [3.8, 4) is 0 Å². The predicted octanol–water partition coefficient (Wildman–Crippen LogP) is 3.80. The lowest BCUT2D eigenvalue weighted by atomic mass is 9.95. The molecule has 0 aliphatic heterocycles. The van der Waals surface area contributed by atoms with Crippen LogP contribution in [0.3, 0.4) is 0 Å². The van der Waals surface area contributed by atoms with Crippen molar-refractivity contribution in [1.29, 1.82) is 0 Å². The van der Waals surface area contributed by atoms with Gasteiger partial charge in [-0.25, -0.2) is 4.79 Å². The summed E-state index contributed by atoms with van der Waals surface area (Å²) >= 11 is 0. The number of ether oxygens (including phenoxy) is 1. The van der Waals surface area contributed by atoms with E-state index in [2.05, 4.69) is 5.32 Å². The fourth-order valence-corrected chi connectivity index (χ4v) is 1.46. The second kappa shape index (κ2) is 5.55. The first kappa shape index (κ1) is 17.3. The zero-order valence-electron chi connectivity index (χ0n) is 12.2. The number of carbonyl (C=O) groups is 1. The Morgan fingerprint density at radius 1 is 1.10 bits per heavy atom. The zero-order valence-corrected chi connectivity index (χ0v) is 12.2. The van der Waals surface area contributed by atoms with Gasteiger partial charge in [-0.1, -0.05) is 12.1 Å². The number of hydrogen-bond donors (Lipinski definition) is 2. The summed E-state index contributed by atoms with van der Waals surface area (Å²) in [5.74, 6) is 0. The van der Waals surface area contributed by atoms with Crippen LogP contribution < -0.4 is 5.32 Å². The van der Waals surface area contributed by atoms with Crippen LogP contribution >= 0.6 is 0 Å².